The second-order valence-electron chi connectivity index (χ2n) is 1.88. The summed E-state index contributed by atoms with van der Waals surface area (Å²) < 4.78 is 0. The van der Waals surface area contributed by atoms with Gasteiger partial charge in [0.1, 0.15) is 0 Å². The number of benzene rings is 1. The predicted octanol–water partition coefficient (Wildman–Crippen LogP) is 1.96. The number of aryl methyl sites for hydroxylation is 1. The highest BCUT2D eigenvalue weighted by atomic mass is 32.1. The standard InChI is InChI=1S/C8H9S/c9-7-6-8-4-2-1-3-5-8/h2-5,9H,6-7H2. The van der Waals surface area contributed by atoms with Gasteiger partial charge in [0, 0.05) is 0 Å². The van der Waals surface area contributed by atoms with Crippen molar-refractivity contribution in [1.82, 2.24) is 0 Å². The van der Waals surface area contributed by atoms with Crippen molar-refractivity contribution in [2.24, 2.45) is 0 Å². The molecule has 0 saturated carbocycles. The molecule has 1 rings (SSSR count). The van der Waals surface area contributed by atoms with Gasteiger partial charge in [-0.05, 0) is 23.8 Å². The van der Waals surface area contributed by atoms with Crippen LogP contribution in [0.4, 0.5) is 0 Å². The van der Waals surface area contributed by atoms with Gasteiger partial charge in [0.05, 0.1) is 0 Å². The highest BCUT2D eigenvalue weighted by Gasteiger charge is 1.85. The number of thiol groups is 1. The van der Waals surface area contributed by atoms with Crippen molar-refractivity contribution in [3.05, 3.63) is 35.9 Å². The van der Waals surface area contributed by atoms with Gasteiger partial charge in [-0.3, -0.25) is 0 Å². The Morgan fingerprint density at radius 3 is 2.56 bits per heavy atom. The van der Waals surface area contributed by atoms with Crippen LogP contribution >= 0.6 is 12.6 Å². The molecular formula is C8H9S. The molecule has 1 radical (unpaired) electrons. The molecule has 0 saturated heterocycles. The lowest BCUT2D eigenvalue weighted by molar-refractivity contribution is 1.16. The smallest absolute Gasteiger partial charge is 0.00574 e. The molecule has 9 heavy (non-hydrogen) atoms. The van der Waals surface area contributed by atoms with E-state index in [1.807, 2.05) is 12.1 Å². The van der Waals surface area contributed by atoms with Crippen molar-refractivity contribution in [1.29, 1.82) is 0 Å². The molecule has 0 bridgehead atoms. The highest BCUT2D eigenvalue weighted by molar-refractivity contribution is 7.80. The molecule has 0 aliphatic rings. The molecule has 0 unspecified atom stereocenters. The Balaban J connectivity index is 2.61. The third kappa shape index (κ3) is 2.10. The van der Waals surface area contributed by atoms with Crippen LogP contribution in [0.25, 0.3) is 0 Å². The maximum absolute atomic E-state index is 4.12. The van der Waals surface area contributed by atoms with Crippen molar-refractivity contribution in [2.45, 2.75) is 6.42 Å². The lowest BCUT2D eigenvalue weighted by Crippen LogP contribution is -1.82. The second-order valence-corrected chi connectivity index (χ2v) is 2.33. The van der Waals surface area contributed by atoms with Crippen molar-refractivity contribution >= 4 is 12.6 Å². The largest absolute Gasteiger partial charge is 0.179 e. The third-order valence-corrected chi connectivity index (χ3v) is 1.41. The molecule has 0 amide bonds. The molecule has 1 aromatic rings. The van der Waals surface area contributed by atoms with E-state index >= 15 is 0 Å². The first kappa shape index (κ1) is 6.69. The molecule has 0 heterocycles. The third-order valence-electron chi connectivity index (χ3n) is 1.19. The van der Waals surface area contributed by atoms with Crippen LogP contribution in [0, 0.1) is 6.07 Å². The van der Waals surface area contributed by atoms with E-state index < -0.39 is 0 Å². The average Bonchev–Trinajstić information content (AvgIpc) is 1.91. The lowest BCUT2D eigenvalue weighted by atomic mass is 10.2. The molecule has 0 aliphatic carbocycles. The van der Waals surface area contributed by atoms with Crippen LogP contribution in [-0.2, 0) is 6.42 Å². The molecular weight excluding hydrogens is 128 g/mol. The number of hydrogen-bond donors (Lipinski definition) is 1. The van der Waals surface area contributed by atoms with Crippen molar-refractivity contribution in [2.75, 3.05) is 5.75 Å². The summed E-state index contributed by atoms with van der Waals surface area (Å²) in [6.07, 6.45) is 1.05. The Hall–Kier alpha value is -0.430. The minimum atomic E-state index is 0.921. The summed E-state index contributed by atoms with van der Waals surface area (Å²) in [5, 5.41) is 0. The van der Waals surface area contributed by atoms with Gasteiger partial charge in [0.2, 0.25) is 0 Å². The van der Waals surface area contributed by atoms with Crippen molar-refractivity contribution < 1.29 is 0 Å². The number of hydrogen-bond acceptors (Lipinski definition) is 1. The van der Waals surface area contributed by atoms with E-state index in [4.69, 9.17) is 0 Å². The van der Waals surface area contributed by atoms with Gasteiger partial charge in [-0.2, -0.15) is 12.6 Å². The summed E-state index contributed by atoms with van der Waals surface area (Å²) in [4.78, 5) is 0. The van der Waals surface area contributed by atoms with Gasteiger partial charge in [-0.25, -0.2) is 0 Å². The quantitative estimate of drug-likeness (QED) is 0.592. The Morgan fingerprint density at radius 2 is 2.00 bits per heavy atom. The van der Waals surface area contributed by atoms with Crippen molar-refractivity contribution in [3.63, 3.8) is 0 Å². The highest BCUT2D eigenvalue weighted by Crippen LogP contribution is 1.98. The molecule has 0 N–H and O–H groups in total. The monoisotopic (exact) mass is 137 g/mol. The molecule has 0 nitrogen and oxygen atoms in total. The van der Waals surface area contributed by atoms with Crippen LogP contribution in [-0.4, -0.2) is 5.75 Å². The molecule has 47 valence electrons. The van der Waals surface area contributed by atoms with Crippen LogP contribution in [0.2, 0.25) is 0 Å². The Bertz CT molecular complexity index is 157. The second kappa shape index (κ2) is 3.57. The van der Waals surface area contributed by atoms with Gasteiger partial charge >= 0.3 is 0 Å². The van der Waals surface area contributed by atoms with Gasteiger partial charge in [0.15, 0.2) is 0 Å². The summed E-state index contributed by atoms with van der Waals surface area (Å²) in [5.74, 6) is 0.921. The summed E-state index contributed by atoms with van der Waals surface area (Å²) in [6.45, 7) is 0. The predicted molar refractivity (Wildman–Crippen MR) is 42.8 cm³/mol. The lowest BCUT2D eigenvalue weighted by Gasteiger charge is -1.93. The first-order chi connectivity index (χ1) is 4.43. The molecule has 0 aliphatic heterocycles. The van der Waals surface area contributed by atoms with E-state index in [0.29, 0.717) is 0 Å². The molecule has 1 heteroatoms. The van der Waals surface area contributed by atoms with E-state index in [-0.39, 0.29) is 0 Å². The zero-order valence-electron chi connectivity index (χ0n) is 5.17. The zero-order chi connectivity index (χ0) is 6.53. The summed E-state index contributed by atoms with van der Waals surface area (Å²) >= 11 is 4.12. The topological polar surface area (TPSA) is 0 Å². The Morgan fingerprint density at radius 1 is 1.33 bits per heavy atom. The average molecular weight is 137 g/mol. The maximum atomic E-state index is 4.12. The Labute approximate surface area is 61.3 Å². The molecule has 0 spiro atoms. The van der Waals surface area contributed by atoms with E-state index in [1.54, 1.807) is 0 Å². The van der Waals surface area contributed by atoms with Crippen LogP contribution in [0.3, 0.4) is 0 Å². The fourth-order valence-corrected chi connectivity index (χ4v) is 0.975. The first-order valence-corrected chi connectivity index (χ1v) is 3.62. The molecule has 1 aromatic carbocycles. The van der Waals surface area contributed by atoms with Crippen LogP contribution in [0.5, 0.6) is 0 Å². The molecule has 0 atom stereocenters. The van der Waals surface area contributed by atoms with E-state index in [0.717, 1.165) is 12.2 Å². The van der Waals surface area contributed by atoms with Crippen LogP contribution in [0.1, 0.15) is 5.56 Å². The van der Waals surface area contributed by atoms with Crippen molar-refractivity contribution in [3.8, 4) is 0 Å². The summed E-state index contributed by atoms with van der Waals surface area (Å²) in [7, 11) is 0. The van der Waals surface area contributed by atoms with E-state index in [2.05, 4.69) is 30.8 Å². The summed E-state index contributed by atoms with van der Waals surface area (Å²) in [5.41, 5.74) is 1.34. The maximum Gasteiger partial charge on any atom is -0.00574 e. The van der Waals surface area contributed by atoms with E-state index in [1.165, 1.54) is 5.56 Å². The molecule has 0 fully saturated rings. The fraction of sp³-hybridized carbons (Fsp3) is 0.250. The normalized spacial score (nSPS) is 9.44. The summed E-state index contributed by atoms with van der Waals surface area (Å²) in [6, 6.07) is 11.0. The van der Waals surface area contributed by atoms with Gasteiger partial charge in [-0.15, -0.1) is 0 Å². The first-order valence-electron chi connectivity index (χ1n) is 2.99. The number of rotatable bonds is 2. The minimum absolute atomic E-state index is 0.921. The molecule has 0 aromatic heterocycles. The van der Waals surface area contributed by atoms with Crippen LogP contribution < -0.4 is 0 Å². The van der Waals surface area contributed by atoms with Gasteiger partial charge in [-0.1, -0.05) is 24.3 Å². The van der Waals surface area contributed by atoms with Crippen LogP contribution in [0.15, 0.2) is 24.3 Å². The van der Waals surface area contributed by atoms with E-state index in [9.17, 15) is 0 Å². The zero-order valence-corrected chi connectivity index (χ0v) is 6.07. The Kier molecular flexibility index (Phi) is 2.65. The van der Waals surface area contributed by atoms with Gasteiger partial charge in [0.25, 0.3) is 0 Å². The van der Waals surface area contributed by atoms with Gasteiger partial charge < -0.3 is 0 Å². The minimum Gasteiger partial charge on any atom is -0.179 e. The SMILES string of the molecule is SCCc1cc[c]cc1. The fourth-order valence-electron chi connectivity index (χ4n) is 0.717.